The van der Waals surface area contributed by atoms with Gasteiger partial charge in [0.25, 0.3) is 0 Å². The van der Waals surface area contributed by atoms with Crippen molar-refractivity contribution in [3.05, 3.63) is 236 Å². The predicted molar refractivity (Wildman–Crippen MR) is 386 cm³/mol. The van der Waals surface area contributed by atoms with Gasteiger partial charge in [-0.3, -0.25) is 0 Å². The summed E-state index contributed by atoms with van der Waals surface area (Å²) in [4.78, 5) is 10.6. The van der Waals surface area contributed by atoms with Crippen molar-refractivity contribution in [2.75, 3.05) is 39.6 Å². The molecule has 3 aliphatic rings. The van der Waals surface area contributed by atoms with Gasteiger partial charge in [0.1, 0.15) is 0 Å². The molecule has 0 bridgehead atoms. The average Bonchev–Trinajstić information content (AvgIpc) is 1.33. The Morgan fingerprint density at radius 2 is 0.511 bits per heavy atom. The Kier molecular flexibility index (Phi) is 38.9. The summed E-state index contributed by atoms with van der Waals surface area (Å²) in [5, 5.41) is 10.6. The number of aryl methyl sites for hydroxylation is 1. The number of benzene rings is 7. The van der Waals surface area contributed by atoms with E-state index in [0.717, 1.165) is 85.2 Å². The monoisotopic (exact) mass is 1540 g/mol. The zero-order chi connectivity index (χ0) is 64.0. The second-order valence-electron chi connectivity index (χ2n) is 25.8. The summed E-state index contributed by atoms with van der Waals surface area (Å²) in [6.45, 7) is 43.9. The molecule has 9 heteroatoms. The number of amidine groups is 2. The molecule has 7 nitrogen and oxygen atoms in total. The smallest absolute Gasteiger partial charge is 1.00 e. The van der Waals surface area contributed by atoms with Gasteiger partial charge in [-0.15, -0.1) is 0 Å². The van der Waals surface area contributed by atoms with Gasteiger partial charge in [0.05, 0.1) is 0 Å². The summed E-state index contributed by atoms with van der Waals surface area (Å²) in [6, 6.07) is 57.4. The Balaban J connectivity index is 0. The summed E-state index contributed by atoms with van der Waals surface area (Å²) in [7, 11) is 0. The van der Waals surface area contributed by atoms with Crippen molar-refractivity contribution in [1.82, 2.24) is 0 Å². The molecule has 0 N–H and O–H groups in total. The number of para-hydroxylation sites is 4. The van der Waals surface area contributed by atoms with Crippen LogP contribution in [0.4, 0.5) is 22.7 Å². The molecule has 0 spiro atoms. The van der Waals surface area contributed by atoms with E-state index in [1.54, 1.807) is 0 Å². The first-order chi connectivity index (χ1) is 42.3. The molecule has 7 aromatic rings. The Labute approximate surface area is 611 Å². The van der Waals surface area contributed by atoms with Gasteiger partial charge in [-0.25, -0.2) is 0 Å². The first kappa shape index (κ1) is 80.1. The van der Waals surface area contributed by atoms with Gasteiger partial charge in [0.15, 0.2) is 0 Å². The van der Waals surface area contributed by atoms with Crippen molar-refractivity contribution in [3.8, 4) is 0 Å². The van der Waals surface area contributed by atoms with E-state index in [-0.39, 0.29) is 79.5 Å². The largest absolute Gasteiger partial charge is 3.00 e. The maximum absolute atomic E-state index is 5.32. The van der Waals surface area contributed by atoms with Gasteiger partial charge in [0, 0.05) is 39.6 Å². The van der Waals surface area contributed by atoms with E-state index in [9.17, 15) is 0 Å². The molecule has 10 rings (SSSR count). The van der Waals surface area contributed by atoms with E-state index >= 15 is 0 Å². The van der Waals surface area contributed by atoms with Crippen molar-refractivity contribution >= 4 is 34.4 Å². The molecule has 3 fully saturated rings. The summed E-state index contributed by atoms with van der Waals surface area (Å²) in [5.41, 5.74) is 17.8. The van der Waals surface area contributed by atoms with Gasteiger partial charge in [-0.05, 0) is 171 Å². The molecular formula is C81H114Lu2N4O3. The quantitative estimate of drug-likeness (QED) is 0.0804. The van der Waals surface area contributed by atoms with Crippen LogP contribution in [0.15, 0.2) is 174 Å². The van der Waals surface area contributed by atoms with Crippen LogP contribution >= 0.6 is 0 Å². The number of ether oxygens (including phenoxy) is 3. The Morgan fingerprint density at radius 1 is 0.300 bits per heavy atom. The molecule has 7 aromatic carbocycles. The zero-order valence-corrected chi connectivity index (χ0v) is 61.0. The maximum atomic E-state index is 5.32. The van der Waals surface area contributed by atoms with E-state index in [1.807, 2.05) is 30.3 Å². The number of hydrogen-bond donors (Lipinski definition) is 0. The first-order valence-corrected chi connectivity index (χ1v) is 33.3. The third kappa shape index (κ3) is 26.7. The van der Waals surface area contributed by atoms with Gasteiger partial charge < -0.3 is 40.5 Å². The molecule has 90 heavy (non-hydrogen) atoms. The third-order valence-corrected chi connectivity index (χ3v) is 15.7. The van der Waals surface area contributed by atoms with E-state index in [1.165, 1.54) is 88.6 Å². The van der Waals surface area contributed by atoms with Crippen molar-refractivity contribution in [2.45, 2.75) is 204 Å². The fraction of sp³-hybridized carbons (Fsp3) is 0.457. The summed E-state index contributed by atoms with van der Waals surface area (Å²) in [5.74, 6) is 4.62. The van der Waals surface area contributed by atoms with Gasteiger partial charge >= 0.3 is 73.7 Å². The maximum Gasteiger partial charge on any atom is 3.00 e. The second-order valence-corrected chi connectivity index (χ2v) is 25.8. The molecule has 0 atom stereocenters. The summed E-state index contributed by atoms with van der Waals surface area (Å²) >= 11 is 0. The van der Waals surface area contributed by atoms with Crippen molar-refractivity contribution in [2.24, 2.45) is 9.98 Å². The van der Waals surface area contributed by atoms with Crippen molar-refractivity contribution in [1.29, 1.82) is 0 Å². The fourth-order valence-electron chi connectivity index (χ4n) is 10.5. The number of hydrogen-bond acceptors (Lipinski definition) is 5. The average molecular weight is 1540 g/mol. The molecule has 0 unspecified atom stereocenters. The van der Waals surface area contributed by atoms with E-state index in [2.05, 4.69) is 251 Å². The van der Waals surface area contributed by atoms with Crippen LogP contribution in [0.2, 0.25) is 0 Å². The minimum atomic E-state index is 0. The first-order valence-electron chi connectivity index (χ1n) is 33.3. The summed E-state index contributed by atoms with van der Waals surface area (Å²) < 4.78 is 14.8. The number of nitrogens with zero attached hydrogens (tertiary/aromatic N) is 4. The van der Waals surface area contributed by atoms with Crippen LogP contribution < -0.4 is 0 Å². The number of aliphatic imine (C=N–C) groups is 2. The minimum absolute atomic E-state index is 0. The van der Waals surface area contributed by atoms with Crippen LogP contribution in [0.5, 0.6) is 0 Å². The number of rotatable bonds is 14. The Morgan fingerprint density at radius 3 is 0.689 bits per heavy atom. The fourth-order valence-corrected chi connectivity index (χ4v) is 10.5. The Hall–Kier alpha value is -4.17. The second kappa shape index (κ2) is 43.7. The molecule has 3 heterocycles. The van der Waals surface area contributed by atoms with Gasteiger partial charge in [0.2, 0.25) is 0 Å². The van der Waals surface area contributed by atoms with Crippen LogP contribution in [0.3, 0.4) is 0 Å². The molecule has 0 aromatic heterocycles. The van der Waals surface area contributed by atoms with E-state index in [0.29, 0.717) is 47.3 Å². The standard InChI is InChI=1S/2C31H39N2.C7H8.3C4H8O.2Lu.4H/c2*1-20(2)25-16-12-17-26(21(3)4)29(25)32-31(24-14-10-9-11-15-24)33-30-27(22(5)6)18-13-19-28(30)23(7)8;1-7-5-3-2-4-6-7;3*1-2-4-5-3-1;;;;;;/h2*9-23H,1-8H3;2-6H,1H3;3*1-4H2;;;;;;/q2*-1;;;;;2*+3;4*-1. The van der Waals surface area contributed by atoms with Crippen LogP contribution in [0.25, 0.3) is 10.6 Å². The zero-order valence-electron chi connectivity index (χ0n) is 61.7. The van der Waals surface area contributed by atoms with Gasteiger partial charge in [-0.2, -0.15) is 0 Å². The molecular weight excluding hydrogens is 1430 g/mol. The molecule has 506 valence electrons. The molecule has 0 amide bonds. The molecule has 0 aliphatic carbocycles. The van der Waals surface area contributed by atoms with Gasteiger partial charge in [-0.1, -0.05) is 292 Å². The third-order valence-electron chi connectivity index (χ3n) is 15.7. The van der Waals surface area contributed by atoms with E-state index < -0.39 is 0 Å². The Bertz CT molecular complexity index is 2830. The van der Waals surface area contributed by atoms with Crippen LogP contribution in [0, 0.1) is 80.7 Å². The normalized spacial score (nSPS) is 13.7. The topological polar surface area (TPSA) is 80.6 Å². The predicted octanol–water partition coefficient (Wildman–Crippen LogP) is 24.8. The van der Waals surface area contributed by atoms with Crippen molar-refractivity contribution < 1.29 is 93.7 Å². The van der Waals surface area contributed by atoms with Crippen LogP contribution in [0.1, 0.15) is 264 Å². The van der Waals surface area contributed by atoms with Crippen molar-refractivity contribution in [3.63, 3.8) is 0 Å². The molecule has 3 aliphatic heterocycles. The molecule has 0 radical (unpaired) electrons. The molecule has 0 saturated carbocycles. The van der Waals surface area contributed by atoms with E-state index in [4.69, 9.17) is 34.8 Å². The minimum Gasteiger partial charge on any atom is -1.00 e. The van der Waals surface area contributed by atoms with Crippen LogP contribution in [-0.4, -0.2) is 51.3 Å². The van der Waals surface area contributed by atoms with Crippen LogP contribution in [-0.2, 0) is 14.2 Å². The SMILES string of the molecule is C1CCOC1.C1CCOC1.C1CCOC1.CC(C)c1cccc(C(C)C)c1N=C([N-]c1c(C(C)C)cccc1C(C)C)c1ccccc1.CC(C)c1cccc(C(C)C)c1N=C([N-]c1c(C(C)C)cccc1C(C)C)c1ccccc1.Cc1ccccc1.[H-].[H-].[H-].[H-].[Lu+3].[Lu+3]. The molecule has 3 saturated heterocycles. The summed E-state index contributed by atoms with van der Waals surface area (Å²) in [6.07, 6.45) is 7.67.